The molecule has 2 N–H and O–H groups in total. The molecule has 0 aliphatic carbocycles. The minimum Gasteiger partial charge on any atom is -0.321 e. The minimum atomic E-state index is -0.320. The molecule has 0 aliphatic rings. The van der Waals surface area contributed by atoms with E-state index in [9.17, 15) is 0 Å². The van der Waals surface area contributed by atoms with Gasteiger partial charge in [0.15, 0.2) is 0 Å². The van der Waals surface area contributed by atoms with Crippen molar-refractivity contribution in [3.05, 3.63) is 70.8 Å². The highest BCUT2D eigenvalue weighted by Gasteiger charge is 2.23. The monoisotopic (exact) mass is 253 g/mol. The van der Waals surface area contributed by atoms with Crippen LogP contribution >= 0.6 is 0 Å². The van der Waals surface area contributed by atoms with Gasteiger partial charge in [-0.3, -0.25) is 0 Å². The van der Waals surface area contributed by atoms with Crippen LogP contribution in [0.4, 0.5) is 0 Å². The van der Waals surface area contributed by atoms with Crippen molar-refractivity contribution in [2.45, 2.75) is 39.2 Å². The molecule has 0 radical (unpaired) electrons. The third-order valence-corrected chi connectivity index (χ3v) is 3.76. The van der Waals surface area contributed by atoms with Gasteiger partial charge in [0.25, 0.3) is 0 Å². The third-order valence-electron chi connectivity index (χ3n) is 3.76. The Morgan fingerprint density at radius 3 is 2.11 bits per heavy atom. The summed E-state index contributed by atoms with van der Waals surface area (Å²) in [6.45, 7) is 6.42. The molecule has 19 heavy (non-hydrogen) atoms. The summed E-state index contributed by atoms with van der Waals surface area (Å²) in [5.74, 6) is 0. The summed E-state index contributed by atoms with van der Waals surface area (Å²) in [5, 5.41) is 0. The SMILES string of the molecule is CCc1ccc(CC(C)(N)c2ccccc2C)cc1. The molecule has 0 aromatic heterocycles. The van der Waals surface area contributed by atoms with E-state index >= 15 is 0 Å². The summed E-state index contributed by atoms with van der Waals surface area (Å²) < 4.78 is 0. The summed E-state index contributed by atoms with van der Waals surface area (Å²) in [4.78, 5) is 0. The van der Waals surface area contributed by atoms with Gasteiger partial charge in [0.05, 0.1) is 0 Å². The number of aryl methyl sites for hydroxylation is 2. The van der Waals surface area contributed by atoms with E-state index in [1.54, 1.807) is 0 Å². The molecule has 1 atom stereocenters. The lowest BCUT2D eigenvalue weighted by molar-refractivity contribution is 0.488. The van der Waals surface area contributed by atoms with Gasteiger partial charge in [-0.05, 0) is 48.9 Å². The Kier molecular flexibility index (Phi) is 4.06. The van der Waals surface area contributed by atoms with Gasteiger partial charge in [0.2, 0.25) is 0 Å². The minimum absolute atomic E-state index is 0.320. The van der Waals surface area contributed by atoms with Crippen molar-refractivity contribution in [3.63, 3.8) is 0 Å². The van der Waals surface area contributed by atoms with Crippen LogP contribution in [0.1, 0.15) is 36.1 Å². The molecule has 0 heterocycles. The molecule has 0 saturated carbocycles. The summed E-state index contributed by atoms with van der Waals surface area (Å²) >= 11 is 0. The maximum atomic E-state index is 6.54. The zero-order valence-corrected chi connectivity index (χ0v) is 12.1. The topological polar surface area (TPSA) is 26.0 Å². The summed E-state index contributed by atoms with van der Waals surface area (Å²) in [7, 11) is 0. The average molecular weight is 253 g/mol. The van der Waals surface area contributed by atoms with Crippen LogP contribution in [-0.4, -0.2) is 0 Å². The number of benzene rings is 2. The third kappa shape index (κ3) is 3.24. The lowest BCUT2D eigenvalue weighted by Gasteiger charge is -2.27. The van der Waals surface area contributed by atoms with E-state index in [-0.39, 0.29) is 5.54 Å². The van der Waals surface area contributed by atoms with Crippen molar-refractivity contribution in [1.29, 1.82) is 0 Å². The first-order valence-corrected chi connectivity index (χ1v) is 6.96. The smallest absolute Gasteiger partial charge is 0.0424 e. The Balaban J connectivity index is 2.23. The molecule has 0 aliphatic heterocycles. The largest absolute Gasteiger partial charge is 0.321 e. The zero-order chi connectivity index (χ0) is 13.9. The molecule has 1 heteroatoms. The van der Waals surface area contributed by atoms with Gasteiger partial charge in [-0.25, -0.2) is 0 Å². The van der Waals surface area contributed by atoms with Crippen LogP contribution < -0.4 is 5.73 Å². The van der Waals surface area contributed by atoms with Gasteiger partial charge < -0.3 is 5.73 Å². The van der Waals surface area contributed by atoms with Crippen molar-refractivity contribution in [1.82, 2.24) is 0 Å². The zero-order valence-electron chi connectivity index (χ0n) is 12.1. The van der Waals surface area contributed by atoms with Gasteiger partial charge >= 0.3 is 0 Å². The second kappa shape index (κ2) is 5.58. The summed E-state index contributed by atoms with van der Waals surface area (Å²) in [5.41, 5.74) is 11.4. The predicted octanol–water partition coefficient (Wildman–Crippen LogP) is 3.97. The highest BCUT2D eigenvalue weighted by atomic mass is 14.7. The molecule has 1 unspecified atom stereocenters. The molecule has 0 bridgehead atoms. The number of hydrogen-bond donors (Lipinski definition) is 1. The van der Waals surface area contributed by atoms with Crippen molar-refractivity contribution in [3.8, 4) is 0 Å². The van der Waals surface area contributed by atoms with Crippen LogP contribution in [0.5, 0.6) is 0 Å². The normalized spacial score (nSPS) is 14.1. The highest BCUT2D eigenvalue weighted by molar-refractivity contribution is 5.34. The summed E-state index contributed by atoms with van der Waals surface area (Å²) in [6.07, 6.45) is 1.94. The molecule has 2 aromatic carbocycles. The first-order valence-electron chi connectivity index (χ1n) is 6.96. The predicted molar refractivity (Wildman–Crippen MR) is 82.2 cm³/mol. The molecule has 2 aromatic rings. The fourth-order valence-electron chi connectivity index (χ4n) is 2.63. The van der Waals surface area contributed by atoms with E-state index in [1.807, 2.05) is 0 Å². The first-order chi connectivity index (χ1) is 9.03. The number of rotatable bonds is 4. The Morgan fingerprint density at radius 1 is 0.947 bits per heavy atom. The number of nitrogens with two attached hydrogens (primary N) is 1. The maximum absolute atomic E-state index is 6.54. The summed E-state index contributed by atoms with van der Waals surface area (Å²) in [6, 6.07) is 17.2. The van der Waals surface area contributed by atoms with E-state index < -0.39 is 0 Å². The molecule has 2 rings (SSSR count). The van der Waals surface area contributed by atoms with Gasteiger partial charge in [-0.1, -0.05) is 55.5 Å². The van der Waals surface area contributed by atoms with Gasteiger partial charge in [0, 0.05) is 5.54 Å². The van der Waals surface area contributed by atoms with Crippen LogP contribution in [0, 0.1) is 6.92 Å². The van der Waals surface area contributed by atoms with Crippen molar-refractivity contribution < 1.29 is 0 Å². The quantitative estimate of drug-likeness (QED) is 0.876. The van der Waals surface area contributed by atoms with Crippen LogP contribution in [0.25, 0.3) is 0 Å². The molecule has 0 saturated heterocycles. The van der Waals surface area contributed by atoms with E-state index in [1.165, 1.54) is 22.3 Å². The molecule has 0 amide bonds. The Labute approximate surface area is 116 Å². The number of hydrogen-bond acceptors (Lipinski definition) is 1. The second-order valence-electron chi connectivity index (χ2n) is 5.58. The molecule has 100 valence electrons. The van der Waals surface area contributed by atoms with Gasteiger partial charge in [0.1, 0.15) is 0 Å². The van der Waals surface area contributed by atoms with Crippen molar-refractivity contribution in [2.24, 2.45) is 5.73 Å². The van der Waals surface area contributed by atoms with Gasteiger partial charge in [-0.15, -0.1) is 0 Å². The molecule has 0 spiro atoms. The van der Waals surface area contributed by atoms with Crippen molar-refractivity contribution >= 4 is 0 Å². The average Bonchev–Trinajstić information content (AvgIpc) is 2.39. The fraction of sp³-hybridized carbons (Fsp3) is 0.333. The fourth-order valence-corrected chi connectivity index (χ4v) is 2.63. The lowest BCUT2D eigenvalue weighted by Crippen LogP contribution is -2.36. The first kappa shape index (κ1) is 13.8. The lowest BCUT2D eigenvalue weighted by atomic mass is 9.84. The second-order valence-corrected chi connectivity index (χ2v) is 5.58. The van der Waals surface area contributed by atoms with Gasteiger partial charge in [-0.2, -0.15) is 0 Å². The van der Waals surface area contributed by atoms with E-state index in [0.29, 0.717) is 0 Å². The van der Waals surface area contributed by atoms with Crippen LogP contribution in [0.15, 0.2) is 48.5 Å². The molecule has 1 nitrogen and oxygen atoms in total. The van der Waals surface area contributed by atoms with Crippen LogP contribution in [0.2, 0.25) is 0 Å². The van der Waals surface area contributed by atoms with E-state index in [2.05, 4.69) is 69.3 Å². The van der Waals surface area contributed by atoms with Crippen LogP contribution in [-0.2, 0) is 18.4 Å². The van der Waals surface area contributed by atoms with Crippen LogP contribution in [0.3, 0.4) is 0 Å². The molecular weight excluding hydrogens is 230 g/mol. The molecular formula is C18H23N. The standard InChI is InChI=1S/C18H23N/c1-4-15-9-11-16(12-10-15)13-18(3,19)17-8-6-5-7-14(17)2/h5-12H,4,13,19H2,1-3H3. The highest BCUT2D eigenvalue weighted by Crippen LogP contribution is 2.25. The van der Waals surface area contributed by atoms with E-state index in [0.717, 1.165) is 12.8 Å². The van der Waals surface area contributed by atoms with Crippen molar-refractivity contribution in [2.75, 3.05) is 0 Å². The van der Waals surface area contributed by atoms with E-state index in [4.69, 9.17) is 5.73 Å². The Hall–Kier alpha value is -1.60. The maximum Gasteiger partial charge on any atom is 0.0424 e. The molecule has 0 fully saturated rings. The Morgan fingerprint density at radius 2 is 1.53 bits per heavy atom. The Bertz CT molecular complexity index is 538.